The van der Waals surface area contributed by atoms with E-state index in [9.17, 15) is 9.59 Å². The minimum absolute atomic E-state index is 0.124. The summed E-state index contributed by atoms with van der Waals surface area (Å²) in [4.78, 5) is 25.2. The Morgan fingerprint density at radius 1 is 1.13 bits per heavy atom. The Labute approximate surface area is 176 Å². The summed E-state index contributed by atoms with van der Waals surface area (Å²) in [5, 5.41) is 9.16. The molecule has 156 valence electrons. The second-order valence-electron chi connectivity index (χ2n) is 6.83. The molecule has 1 aromatic carbocycles. The van der Waals surface area contributed by atoms with E-state index in [1.54, 1.807) is 25.6 Å². The number of carbonyl (C=O) groups is 1. The number of carbonyl (C=O) groups excluding carboxylic acids is 1. The monoisotopic (exact) mass is 426 g/mol. The third kappa shape index (κ3) is 3.63. The van der Waals surface area contributed by atoms with Gasteiger partial charge in [0.25, 0.3) is 5.56 Å². The van der Waals surface area contributed by atoms with Gasteiger partial charge >= 0.3 is 0 Å². The summed E-state index contributed by atoms with van der Waals surface area (Å²) < 4.78 is 14.6. The summed E-state index contributed by atoms with van der Waals surface area (Å²) in [5.41, 5.74) is 2.22. The fourth-order valence-corrected chi connectivity index (χ4v) is 4.31. The van der Waals surface area contributed by atoms with Gasteiger partial charge in [-0.2, -0.15) is 5.10 Å². The van der Waals surface area contributed by atoms with Crippen LogP contribution in [0.5, 0.6) is 11.5 Å². The minimum Gasteiger partial charge on any atom is -0.493 e. The summed E-state index contributed by atoms with van der Waals surface area (Å²) in [5.74, 6) is 1.71. The fourth-order valence-electron chi connectivity index (χ4n) is 3.51. The number of thiophene rings is 1. The van der Waals surface area contributed by atoms with Crippen molar-refractivity contribution in [3.63, 3.8) is 0 Å². The van der Waals surface area contributed by atoms with Crippen molar-refractivity contribution in [1.82, 2.24) is 19.5 Å². The first-order valence-corrected chi connectivity index (χ1v) is 10.3. The Kier molecular flexibility index (Phi) is 5.45. The average molecular weight is 426 g/mol. The van der Waals surface area contributed by atoms with Crippen LogP contribution in [-0.2, 0) is 17.8 Å². The van der Waals surface area contributed by atoms with Gasteiger partial charge in [0, 0.05) is 6.54 Å². The number of benzene rings is 1. The first-order valence-electron chi connectivity index (χ1n) is 9.46. The molecule has 0 radical (unpaired) electrons. The van der Waals surface area contributed by atoms with Crippen LogP contribution < -0.4 is 20.3 Å². The highest BCUT2D eigenvalue weighted by Gasteiger charge is 2.14. The van der Waals surface area contributed by atoms with Gasteiger partial charge in [0.15, 0.2) is 11.5 Å². The third-order valence-corrected chi connectivity index (χ3v) is 5.80. The Balaban J connectivity index is 1.44. The van der Waals surface area contributed by atoms with E-state index in [1.165, 1.54) is 4.68 Å². The standard InChI is InChI=1S/C21H22N4O4S/c1-13-23-24(21(27)16-11-19-15(25(13)16)7-9-30-19)12-20(26)22-8-6-14-4-5-17(28-2)18(10-14)29-3/h4-5,7,9-11H,6,8,12H2,1-3H3,(H,22,26). The summed E-state index contributed by atoms with van der Waals surface area (Å²) in [6.45, 7) is 2.14. The number of fused-ring (bicyclic) bond motifs is 3. The molecule has 1 amide bonds. The number of nitrogens with one attached hydrogen (secondary N) is 1. The van der Waals surface area contributed by atoms with Crippen molar-refractivity contribution >= 4 is 33.0 Å². The molecule has 9 heteroatoms. The molecule has 0 saturated heterocycles. The van der Waals surface area contributed by atoms with Gasteiger partial charge in [-0.25, -0.2) is 4.68 Å². The van der Waals surface area contributed by atoms with Gasteiger partial charge in [0.1, 0.15) is 17.9 Å². The molecule has 1 N–H and O–H groups in total. The van der Waals surface area contributed by atoms with Crippen molar-refractivity contribution in [2.24, 2.45) is 0 Å². The summed E-state index contributed by atoms with van der Waals surface area (Å²) in [7, 11) is 3.17. The van der Waals surface area contributed by atoms with Gasteiger partial charge in [-0.3, -0.25) is 14.0 Å². The van der Waals surface area contributed by atoms with Crippen molar-refractivity contribution < 1.29 is 14.3 Å². The fraction of sp³-hybridized carbons (Fsp3) is 0.286. The minimum atomic E-state index is -0.279. The highest BCUT2D eigenvalue weighted by atomic mass is 32.1. The van der Waals surface area contributed by atoms with Crippen LogP contribution in [0.4, 0.5) is 0 Å². The number of ether oxygens (including phenoxy) is 2. The SMILES string of the molecule is COc1ccc(CCNC(=O)Cn2nc(C)n3c(cc4sccc43)c2=O)cc1OC. The molecule has 0 spiro atoms. The van der Waals surface area contributed by atoms with Gasteiger partial charge in [-0.1, -0.05) is 6.07 Å². The van der Waals surface area contributed by atoms with Crippen LogP contribution in [0.1, 0.15) is 11.4 Å². The normalized spacial score (nSPS) is 11.2. The maximum atomic E-state index is 12.8. The van der Waals surface area contributed by atoms with E-state index in [2.05, 4.69) is 10.4 Å². The van der Waals surface area contributed by atoms with Crippen molar-refractivity contribution in [2.45, 2.75) is 19.9 Å². The molecule has 0 saturated carbocycles. The lowest BCUT2D eigenvalue weighted by Gasteiger charge is -2.11. The van der Waals surface area contributed by atoms with Gasteiger partial charge < -0.3 is 14.8 Å². The van der Waals surface area contributed by atoms with Crippen LogP contribution in [0.2, 0.25) is 0 Å². The molecule has 30 heavy (non-hydrogen) atoms. The molecule has 8 nitrogen and oxygen atoms in total. The molecule has 0 unspecified atom stereocenters. The summed E-state index contributed by atoms with van der Waals surface area (Å²) in [6.07, 6.45) is 0.626. The lowest BCUT2D eigenvalue weighted by Crippen LogP contribution is -2.35. The van der Waals surface area contributed by atoms with Crippen LogP contribution in [0, 0.1) is 6.92 Å². The molecule has 4 aromatic rings. The van der Waals surface area contributed by atoms with Crippen LogP contribution >= 0.6 is 11.3 Å². The molecular weight excluding hydrogens is 404 g/mol. The number of methoxy groups -OCH3 is 2. The van der Waals surface area contributed by atoms with Crippen LogP contribution in [-0.4, -0.2) is 40.9 Å². The quantitative estimate of drug-likeness (QED) is 0.490. The predicted octanol–water partition coefficient (Wildman–Crippen LogP) is 2.40. The summed E-state index contributed by atoms with van der Waals surface area (Å²) in [6, 6.07) is 9.45. The Morgan fingerprint density at radius 3 is 2.70 bits per heavy atom. The molecule has 0 atom stereocenters. The maximum absolute atomic E-state index is 12.8. The maximum Gasteiger partial charge on any atom is 0.291 e. The molecule has 3 heterocycles. The number of hydrogen-bond acceptors (Lipinski definition) is 6. The van der Waals surface area contributed by atoms with Gasteiger partial charge in [0.05, 0.1) is 24.4 Å². The number of amides is 1. The Morgan fingerprint density at radius 2 is 1.93 bits per heavy atom. The molecule has 0 fully saturated rings. The molecule has 0 aliphatic heterocycles. The zero-order valence-electron chi connectivity index (χ0n) is 17.0. The van der Waals surface area contributed by atoms with Gasteiger partial charge in [0.2, 0.25) is 5.91 Å². The first kappa shape index (κ1) is 20.0. The van der Waals surface area contributed by atoms with Crippen molar-refractivity contribution in [1.29, 1.82) is 0 Å². The van der Waals surface area contributed by atoms with Crippen LogP contribution in [0.15, 0.2) is 40.5 Å². The second-order valence-corrected chi connectivity index (χ2v) is 7.78. The molecule has 4 rings (SSSR count). The number of aryl methyl sites for hydroxylation is 1. The highest BCUT2D eigenvalue weighted by molar-refractivity contribution is 7.17. The number of aromatic nitrogens is 3. The second kappa shape index (κ2) is 8.19. The molecule has 0 bridgehead atoms. The molecule has 0 aliphatic carbocycles. The van der Waals surface area contributed by atoms with Crippen molar-refractivity contribution in [3.05, 3.63) is 57.5 Å². The Bertz CT molecular complexity index is 1290. The lowest BCUT2D eigenvalue weighted by atomic mass is 10.1. The Hall–Kier alpha value is -3.33. The van der Waals surface area contributed by atoms with Crippen LogP contribution in [0.25, 0.3) is 15.7 Å². The van der Waals surface area contributed by atoms with E-state index in [0.29, 0.717) is 35.8 Å². The van der Waals surface area contributed by atoms with Gasteiger partial charge in [-0.15, -0.1) is 11.3 Å². The zero-order valence-corrected chi connectivity index (χ0v) is 17.8. The zero-order chi connectivity index (χ0) is 21.3. The van der Waals surface area contributed by atoms with Crippen molar-refractivity contribution in [2.75, 3.05) is 20.8 Å². The van der Waals surface area contributed by atoms with Crippen LogP contribution in [0.3, 0.4) is 0 Å². The topological polar surface area (TPSA) is 86.9 Å². The first-order chi connectivity index (χ1) is 14.5. The number of nitrogens with zero attached hydrogens (tertiary/aromatic N) is 3. The van der Waals surface area contributed by atoms with Gasteiger partial charge in [-0.05, 0) is 48.6 Å². The van der Waals surface area contributed by atoms with Crippen molar-refractivity contribution in [3.8, 4) is 11.5 Å². The van der Waals surface area contributed by atoms with E-state index >= 15 is 0 Å². The molecule has 0 aliphatic rings. The molecular formula is C21H22N4O4S. The molecule has 3 aromatic heterocycles. The smallest absolute Gasteiger partial charge is 0.291 e. The largest absolute Gasteiger partial charge is 0.493 e. The highest BCUT2D eigenvalue weighted by Crippen LogP contribution is 2.27. The van der Waals surface area contributed by atoms with E-state index in [4.69, 9.17) is 9.47 Å². The number of rotatable bonds is 7. The number of hydrogen-bond donors (Lipinski definition) is 1. The van der Waals surface area contributed by atoms with E-state index in [1.807, 2.05) is 47.0 Å². The third-order valence-electron chi connectivity index (χ3n) is 4.94. The van der Waals surface area contributed by atoms with E-state index in [0.717, 1.165) is 15.8 Å². The predicted molar refractivity (Wildman–Crippen MR) is 116 cm³/mol. The van der Waals surface area contributed by atoms with E-state index in [-0.39, 0.29) is 18.0 Å². The lowest BCUT2D eigenvalue weighted by molar-refractivity contribution is -0.121. The summed E-state index contributed by atoms with van der Waals surface area (Å²) >= 11 is 1.57. The van der Waals surface area contributed by atoms with E-state index < -0.39 is 0 Å². The average Bonchev–Trinajstić information content (AvgIpc) is 3.33.